The van der Waals surface area contributed by atoms with Gasteiger partial charge in [0.25, 0.3) is 21.6 Å². The number of nitrogens with zero attached hydrogens (tertiary/aromatic N) is 2. The van der Waals surface area contributed by atoms with Crippen LogP contribution in [0.5, 0.6) is 0 Å². The van der Waals surface area contributed by atoms with Crippen LogP contribution in [0.15, 0.2) is 102 Å². The minimum absolute atomic E-state index is 0.0919. The number of nitrogens with one attached hydrogen (secondary N) is 2. The molecule has 0 bridgehead atoms. The molecule has 0 aliphatic carbocycles. The van der Waals surface area contributed by atoms with Gasteiger partial charge in [-0.1, -0.05) is 48.0 Å². The van der Waals surface area contributed by atoms with Crippen LogP contribution in [0.3, 0.4) is 0 Å². The van der Waals surface area contributed by atoms with E-state index in [1.807, 2.05) is 6.92 Å². The summed E-state index contributed by atoms with van der Waals surface area (Å²) in [6, 6.07) is 25.7. The van der Waals surface area contributed by atoms with Crippen LogP contribution in [0.25, 0.3) is 11.3 Å². The lowest BCUT2D eigenvalue weighted by atomic mass is 9.99. The summed E-state index contributed by atoms with van der Waals surface area (Å²) >= 11 is 0. The summed E-state index contributed by atoms with van der Waals surface area (Å²) < 4.78 is 28.1. The van der Waals surface area contributed by atoms with Crippen molar-refractivity contribution in [2.75, 3.05) is 14.9 Å². The molecule has 41 heavy (non-hydrogen) atoms. The number of hydrogen-bond donors (Lipinski definition) is 2. The first-order valence-electron chi connectivity index (χ1n) is 12.5. The number of carbonyl (C=O) groups excluding carboxylic acids is 2. The number of nitro benzene ring substituents is 1. The van der Waals surface area contributed by atoms with Gasteiger partial charge in [0.05, 0.1) is 26.8 Å². The van der Waals surface area contributed by atoms with Gasteiger partial charge < -0.3 is 5.32 Å². The Morgan fingerprint density at radius 1 is 0.878 bits per heavy atom. The largest absolute Gasteiger partial charge is 0.354 e. The van der Waals surface area contributed by atoms with Crippen LogP contribution in [0.4, 0.5) is 22.7 Å². The van der Waals surface area contributed by atoms with Gasteiger partial charge in [0.2, 0.25) is 5.91 Å². The second-order valence-corrected chi connectivity index (χ2v) is 11.0. The Bertz CT molecular complexity index is 1820. The molecule has 2 N–H and O–H groups in total. The topological polar surface area (TPSA) is 139 Å². The first-order chi connectivity index (χ1) is 19.5. The maximum atomic E-state index is 13.6. The Labute approximate surface area is 236 Å². The molecule has 206 valence electrons. The predicted molar refractivity (Wildman–Crippen MR) is 157 cm³/mol. The van der Waals surface area contributed by atoms with Gasteiger partial charge >= 0.3 is 0 Å². The highest BCUT2D eigenvalue weighted by Gasteiger charge is 2.38. The lowest BCUT2D eigenvalue weighted by molar-refractivity contribution is -0.384. The van der Waals surface area contributed by atoms with Crippen molar-refractivity contribution in [1.82, 2.24) is 0 Å². The van der Waals surface area contributed by atoms with Gasteiger partial charge in [-0.05, 0) is 55.0 Å². The van der Waals surface area contributed by atoms with Gasteiger partial charge in [0.1, 0.15) is 0 Å². The Kier molecular flexibility index (Phi) is 7.12. The Balaban J connectivity index is 1.55. The number of benzene rings is 4. The van der Waals surface area contributed by atoms with Gasteiger partial charge in [-0.3, -0.25) is 24.4 Å². The number of fused-ring (bicyclic) bond motifs is 1. The summed E-state index contributed by atoms with van der Waals surface area (Å²) in [7, 11) is -3.81. The number of anilines is 3. The Morgan fingerprint density at radius 2 is 1.51 bits per heavy atom. The fourth-order valence-electron chi connectivity index (χ4n) is 4.50. The van der Waals surface area contributed by atoms with Crippen LogP contribution in [0.2, 0.25) is 0 Å². The van der Waals surface area contributed by atoms with Crippen molar-refractivity contribution >= 4 is 55.9 Å². The van der Waals surface area contributed by atoms with Crippen molar-refractivity contribution in [3.8, 4) is 0 Å². The molecule has 1 aliphatic heterocycles. The lowest BCUT2D eigenvalue weighted by Crippen LogP contribution is -2.31. The minimum Gasteiger partial charge on any atom is -0.354 e. The molecule has 0 aromatic heterocycles. The van der Waals surface area contributed by atoms with Gasteiger partial charge in [-0.15, -0.1) is 0 Å². The summed E-state index contributed by atoms with van der Waals surface area (Å²) in [5.41, 5.74) is 3.06. The van der Waals surface area contributed by atoms with Gasteiger partial charge in [-0.25, -0.2) is 13.3 Å². The molecule has 2 amide bonds. The molecule has 10 nitrogen and oxygen atoms in total. The number of nitro groups is 1. The van der Waals surface area contributed by atoms with Crippen LogP contribution in [-0.4, -0.2) is 25.2 Å². The molecule has 5 rings (SSSR count). The van der Waals surface area contributed by atoms with Crippen LogP contribution in [0.1, 0.15) is 23.6 Å². The van der Waals surface area contributed by atoms with E-state index in [2.05, 4.69) is 10.0 Å². The molecule has 4 aromatic rings. The number of amides is 2. The van der Waals surface area contributed by atoms with Crippen LogP contribution >= 0.6 is 0 Å². The van der Waals surface area contributed by atoms with E-state index in [9.17, 15) is 28.1 Å². The normalized spacial score (nSPS) is 13.9. The molecule has 0 saturated carbocycles. The number of imide groups is 1. The van der Waals surface area contributed by atoms with E-state index in [1.54, 1.807) is 66.7 Å². The van der Waals surface area contributed by atoms with Crippen molar-refractivity contribution in [3.63, 3.8) is 0 Å². The zero-order valence-electron chi connectivity index (χ0n) is 22.0. The number of aryl methyl sites for hydroxylation is 1. The Hall–Kier alpha value is -5.29. The van der Waals surface area contributed by atoms with Crippen molar-refractivity contribution in [3.05, 3.63) is 124 Å². The summed E-state index contributed by atoms with van der Waals surface area (Å²) in [5.74, 6) is -1.15. The van der Waals surface area contributed by atoms with Crippen molar-refractivity contribution in [2.45, 2.75) is 18.7 Å². The maximum absolute atomic E-state index is 13.6. The van der Waals surface area contributed by atoms with E-state index in [1.165, 1.54) is 37.3 Å². The Morgan fingerprint density at radius 3 is 2.12 bits per heavy atom. The number of sulfonamides is 1. The van der Waals surface area contributed by atoms with E-state index in [-0.39, 0.29) is 27.4 Å². The molecule has 1 heterocycles. The molecule has 0 saturated heterocycles. The van der Waals surface area contributed by atoms with E-state index in [4.69, 9.17) is 0 Å². The van der Waals surface area contributed by atoms with E-state index >= 15 is 0 Å². The third-order valence-electron chi connectivity index (χ3n) is 6.48. The third kappa shape index (κ3) is 5.43. The standard InChI is InChI=1S/C30H24N4O6S/c1-19-8-15-25(16-9-19)41(39,40)32-23-12-10-22(11-13-23)31-29(21-6-4-3-5-7-21)28-26-18-24(34(37)38)14-17-27(26)33(20(2)35)30(28)36/h3-18,31-32H,1-2H3/b29-28-. The van der Waals surface area contributed by atoms with Crippen molar-refractivity contribution in [1.29, 1.82) is 0 Å². The molecule has 1 aliphatic rings. The number of rotatable bonds is 7. The highest BCUT2D eigenvalue weighted by molar-refractivity contribution is 7.92. The predicted octanol–water partition coefficient (Wildman–Crippen LogP) is 5.58. The molecule has 0 atom stereocenters. The smallest absolute Gasteiger partial charge is 0.270 e. The average Bonchev–Trinajstić information content (AvgIpc) is 3.24. The van der Waals surface area contributed by atoms with Crippen molar-refractivity contribution < 1.29 is 22.9 Å². The molecule has 0 spiro atoms. The minimum atomic E-state index is -3.81. The second-order valence-electron chi connectivity index (χ2n) is 9.36. The maximum Gasteiger partial charge on any atom is 0.270 e. The number of carbonyl (C=O) groups is 2. The first kappa shape index (κ1) is 27.3. The van der Waals surface area contributed by atoms with Gasteiger partial charge in [0.15, 0.2) is 0 Å². The fraction of sp³-hybridized carbons (Fsp3) is 0.0667. The molecule has 11 heteroatoms. The van der Waals surface area contributed by atoms with E-state index in [0.717, 1.165) is 10.5 Å². The fourth-order valence-corrected chi connectivity index (χ4v) is 5.56. The molecular weight excluding hydrogens is 544 g/mol. The van der Waals surface area contributed by atoms with Crippen molar-refractivity contribution in [2.24, 2.45) is 0 Å². The summed E-state index contributed by atoms with van der Waals surface area (Å²) in [5, 5.41) is 14.7. The van der Waals surface area contributed by atoms with Crippen LogP contribution < -0.4 is 14.9 Å². The van der Waals surface area contributed by atoms with Crippen LogP contribution in [0, 0.1) is 17.0 Å². The monoisotopic (exact) mass is 568 g/mol. The lowest BCUT2D eigenvalue weighted by Gasteiger charge is -2.16. The number of hydrogen-bond acceptors (Lipinski definition) is 7. The molecule has 0 fully saturated rings. The highest BCUT2D eigenvalue weighted by atomic mass is 32.2. The van der Waals surface area contributed by atoms with E-state index in [0.29, 0.717) is 22.6 Å². The summed E-state index contributed by atoms with van der Waals surface area (Å²) in [4.78, 5) is 38.1. The third-order valence-corrected chi connectivity index (χ3v) is 7.88. The van der Waals surface area contributed by atoms with Crippen LogP contribution in [-0.2, 0) is 19.6 Å². The van der Waals surface area contributed by atoms with Gasteiger partial charge in [0, 0.05) is 36.0 Å². The summed E-state index contributed by atoms with van der Waals surface area (Å²) in [6.45, 7) is 3.11. The zero-order valence-corrected chi connectivity index (χ0v) is 22.8. The first-order valence-corrected chi connectivity index (χ1v) is 13.9. The molecular formula is C30H24N4O6S. The molecule has 4 aromatic carbocycles. The number of non-ortho nitro benzene ring substituents is 1. The highest BCUT2D eigenvalue weighted by Crippen LogP contribution is 2.43. The quantitative estimate of drug-likeness (QED) is 0.169. The van der Waals surface area contributed by atoms with E-state index < -0.39 is 26.8 Å². The molecule has 0 radical (unpaired) electrons. The molecule has 0 unspecified atom stereocenters. The zero-order chi connectivity index (χ0) is 29.3. The average molecular weight is 569 g/mol. The SMILES string of the molecule is CC(=O)N1C(=O)/C(=C(\Nc2ccc(NS(=O)(=O)c3ccc(C)cc3)cc2)c2ccccc2)c2cc([N+](=O)[O-])ccc21. The second kappa shape index (κ2) is 10.7. The van der Waals surface area contributed by atoms with Gasteiger partial charge in [-0.2, -0.15) is 0 Å². The summed E-state index contributed by atoms with van der Waals surface area (Å²) in [6.07, 6.45) is 0.